The van der Waals surface area contributed by atoms with Crippen LogP contribution in [0.25, 0.3) is 0 Å². The fourth-order valence-electron chi connectivity index (χ4n) is 0.581. The first-order valence-corrected chi connectivity index (χ1v) is 3.09. The van der Waals surface area contributed by atoms with Crippen molar-refractivity contribution < 1.29 is 29.0 Å². The Morgan fingerprint density at radius 1 is 1.27 bits per heavy atom. The van der Waals surface area contributed by atoms with E-state index in [0.29, 0.717) is 5.75 Å². The molecule has 0 radical (unpaired) electrons. The molecule has 0 atom stereocenters. The summed E-state index contributed by atoms with van der Waals surface area (Å²) >= 11 is 4.95. The molecule has 11 heavy (non-hydrogen) atoms. The van der Waals surface area contributed by atoms with Gasteiger partial charge >= 0.3 is 5.43 Å². The molecule has 0 bridgehead atoms. The maximum absolute atomic E-state index is 10.2. The number of benzene rings is 1. The van der Waals surface area contributed by atoms with Gasteiger partial charge in [0.2, 0.25) is 0 Å². The van der Waals surface area contributed by atoms with Crippen molar-refractivity contribution in [2.45, 2.75) is 0 Å². The molecule has 0 fully saturated rings. The predicted molar refractivity (Wildman–Crippen MR) is 38.3 cm³/mol. The predicted octanol–water partition coefficient (Wildman–Crippen LogP) is 2.42. The molecule has 1 rings (SSSR count). The quantitative estimate of drug-likeness (QED) is 0.538. The van der Waals surface area contributed by atoms with Crippen LogP contribution in [-0.4, -0.2) is 5.43 Å². The number of para-hydroxylation sites is 1. The van der Waals surface area contributed by atoms with E-state index < -0.39 is 5.43 Å². The van der Waals surface area contributed by atoms with E-state index in [2.05, 4.69) is 4.74 Å². The van der Waals surface area contributed by atoms with Gasteiger partial charge in [0.1, 0.15) is 5.75 Å². The van der Waals surface area contributed by atoms with Gasteiger partial charge in [0, 0.05) is 31.1 Å². The number of carbonyl (C=O) groups is 1. The van der Waals surface area contributed by atoms with Crippen molar-refractivity contribution in [3.8, 4) is 5.75 Å². The largest absolute Gasteiger partial charge is 0.415 e. The summed E-state index contributed by atoms with van der Waals surface area (Å²) in [5, 5.41) is 0. The van der Waals surface area contributed by atoms with E-state index >= 15 is 0 Å². The minimum absolute atomic E-state index is 0. The molecule has 0 aromatic heterocycles. The van der Waals surface area contributed by atoms with Gasteiger partial charge in [-0.25, -0.2) is 4.79 Å². The second kappa shape index (κ2) is 5.28. The summed E-state index contributed by atoms with van der Waals surface area (Å²) in [5.41, 5.74) is -0.814. The Balaban J connectivity index is 0.000001000. The second-order valence-corrected chi connectivity index (χ2v) is 1.96. The Hall–Kier alpha value is -0.397. The third-order valence-corrected chi connectivity index (χ3v) is 1.02. The van der Waals surface area contributed by atoms with Gasteiger partial charge in [0.15, 0.2) is 0 Å². The first kappa shape index (κ1) is 10.6. The van der Waals surface area contributed by atoms with E-state index in [0.717, 1.165) is 0 Å². The monoisotopic (exact) mass is 220 g/mol. The molecule has 54 valence electrons. The third-order valence-electron chi connectivity index (χ3n) is 0.941. The van der Waals surface area contributed by atoms with Crippen LogP contribution >= 0.6 is 11.6 Å². The molecule has 4 heteroatoms. The SMILES string of the molecule is O=C(Cl)Oc1ccccc1.[Zn]. The first-order chi connectivity index (χ1) is 4.79. The zero-order chi connectivity index (χ0) is 7.40. The Morgan fingerprint density at radius 2 is 1.82 bits per heavy atom. The van der Waals surface area contributed by atoms with Gasteiger partial charge in [0.05, 0.1) is 0 Å². The molecule has 1 aromatic carbocycles. The van der Waals surface area contributed by atoms with Crippen molar-refractivity contribution >= 4 is 17.0 Å². The van der Waals surface area contributed by atoms with Gasteiger partial charge in [-0.2, -0.15) is 0 Å². The minimum atomic E-state index is -0.814. The maximum Gasteiger partial charge on any atom is 0.409 e. The number of rotatable bonds is 1. The average molecular weight is 222 g/mol. The summed E-state index contributed by atoms with van der Waals surface area (Å²) in [7, 11) is 0. The molecule has 0 saturated heterocycles. The topological polar surface area (TPSA) is 26.3 Å². The second-order valence-electron chi connectivity index (χ2n) is 1.65. The van der Waals surface area contributed by atoms with Gasteiger partial charge in [-0.15, -0.1) is 0 Å². The van der Waals surface area contributed by atoms with E-state index in [1.165, 1.54) is 0 Å². The Kier molecular flexibility index (Phi) is 5.09. The maximum atomic E-state index is 10.2. The summed E-state index contributed by atoms with van der Waals surface area (Å²) in [4.78, 5) is 10.2. The van der Waals surface area contributed by atoms with E-state index in [9.17, 15) is 4.79 Å². The smallest absolute Gasteiger partial charge is 0.409 e. The fourth-order valence-corrected chi connectivity index (χ4v) is 0.670. The number of hydrogen-bond acceptors (Lipinski definition) is 2. The van der Waals surface area contributed by atoms with Crippen molar-refractivity contribution in [2.24, 2.45) is 0 Å². The summed E-state index contributed by atoms with van der Waals surface area (Å²) in [6.07, 6.45) is 0. The molecule has 0 saturated carbocycles. The van der Waals surface area contributed by atoms with Crippen LogP contribution in [0.3, 0.4) is 0 Å². The summed E-state index contributed by atoms with van der Waals surface area (Å²) < 4.78 is 4.54. The Labute approximate surface area is 82.3 Å². The van der Waals surface area contributed by atoms with Crippen LogP contribution in [0.2, 0.25) is 0 Å². The normalized spacial score (nSPS) is 8.09. The molecule has 0 spiro atoms. The molecule has 0 amide bonds. The Morgan fingerprint density at radius 3 is 2.27 bits per heavy atom. The van der Waals surface area contributed by atoms with E-state index in [1.807, 2.05) is 6.07 Å². The van der Waals surface area contributed by atoms with Crippen molar-refractivity contribution in [3.63, 3.8) is 0 Å². The van der Waals surface area contributed by atoms with Crippen LogP contribution in [0.5, 0.6) is 5.75 Å². The van der Waals surface area contributed by atoms with E-state index in [-0.39, 0.29) is 19.5 Å². The van der Waals surface area contributed by atoms with Crippen LogP contribution in [0.4, 0.5) is 4.79 Å². The molecular weight excluding hydrogens is 217 g/mol. The van der Waals surface area contributed by atoms with Crippen LogP contribution in [0, 0.1) is 0 Å². The molecule has 0 N–H and O–H groups in total. The van der Waals surface area contributed by atoms with Crippen LogP contribution in [0.15, 0.2) is 30.3 Å². The zero-order valence-electron chi connectivity index (χ0n) is 5.79. The van der Waals surface area contributed by atoms with Crippen molar-refractivity contribution in [1.29, 1.82) is 0 Å². The van der Waals surface area contributed by atoms with Gasteiger partial charge in [0.25, 0.3) is 0 Å². The molecule has 0 unspecified atom stereocenters. The number of halogens is 1. The van der Waals surface area contributed by atoms with Gasteiger partial charge in [-0.05, 0) is 12.1 Å². The molecule has 1 aromatic rings. The summed E-state index contributed by atoms with van der Waals surface area (Å²) in [6.45, 7) is 0. The zero-order valence-corrected chi connectivity index (χ0v) is 9.51. The number of hydrogen-bond donors (Lipinski definition) is 0. The minimum Gasteiger partial charge on any atom is -0.415 e. The van der Waals surface area contributed by atoms with Crippen molar-refractivity contribution in [1.82, 2.24) is 0 Å². The molecule has 0 heterocycles. The summed E-state index contributed by atoms with van der Waals surface area (Å²) in [6, 6.07) is 8.65. The van der Waals surface area contributed by atoms with E-state index in [4.69, 9.17) is 11.6 Å². The van der Waals surface area contributed by atoms with Crippen LogP contribution in [-0.2, 0) is 19.5 Å². The molecule has 0 aliphatic rings. The van der Waals surface area contributed by atoms with Gasteiger partial charge < -0.3 is 4.74 Å². The molecule has 0 aliphatic carbocycles. The van der Waals surface area contributed by atoms with Crippen molar-refractivity contribution in [3.05, 3.63) is 30.3 Å². The molecular formula is C7H5ClO2Zn. The molecule has 2 nitrogen and oxygen atoms in total. The van der Waals surface area contributed by atoms with Crippen LogP contribution in [0.1, 0.15) is 0 Å². The average Bonchev–Trinajstić information content (AvgIpc) is 1.88. The number of ether oxygens (including phenoxy) is 1. The molecule has 0 aliphatic heterocycles. The van der Waals surface area contributed by atoms with Crippen LogP contribution < -0.4 is 4.74 Å². The standard InChI is InChI=1S/C7H5ClO2.Zn/c8-7(9)10-6-4-2-1-3-5-6;/h1-5H;. The third kappa shape index (κ3) is 4.12. The summed E-state index contributed by atoms with van der Waals surface area (Å²) in [5.74, 6) is 0.461. The van der Waals surface area contributed by atoms with Gasteiger partial charge in [-0.3, -0.25) is 0 Å². The Bertz CT molecular complexity index is 225. The fraction of sp³-hybridized carbons (Fsp3) is 0. The first-order valence-electron chi connectivity index (χ1n) is 2.71. The van der Waals surface area contributed by atoms with E-state index in [1.54, 1.807) is 24.3 Å². The van der Waals surface area contributed by atoms with Gasteiger partial charge in [-0.1, -0.05) is 18.2 Å². The van der Waals surface area contributed by atoms with Crippen molar-refractivity contribution in [2.75, 3.05) is 0 Å². The number of carbonyl (C=O) groups excluding carboxylic acids is 1.